The molecule has 0 amide bonds. The minimum Gasteiger partial charge on any atom is -0.493 e. The van der Waals surface area contributed by atoms with Gasteiger partial charge in [0.25, 0.3) is 0 Å². The van der Waals surface area contributed by atoms with E-state index in [0.717, 1.165) is 0 Å². The lowest BCUT2D eigenvalue weighted by atomic mass is 10.1. The largest absolute Gasteiger partial charge is 0.493 e. The quantitative estimate of drug-likeness (QED) is 0.877. The SMILES string of the molecule is COc1cc(C(=O)O)c2ncccc2c1OC. The van der Waals surface area contributed by atoms with Crippen LogP contribution in [0.1, 0.15) is 10.4 Å². The Hall–Kier alpha value is -2.30. The third-order valence-corrected chi connectivity index (χ3v) is 2.46. The van der Waals surface area contributed by atoms with Gasteiger partial charge in [0.2, 0.25) is 0 Å². The molecule has 0 atom stereocenters. The number of benzene rings is 1. The fraction of sp³-hybridized carbons (Fsp3) is 0.167. The number of hydrogen-bond acceptors (Lipinski definition) is 4. The third kappa shape index (κ3) is 1.75. The standard InChI is InChI=1S/C12H11NO4/c1-16-9-6-8(12(14)15)10-7(11(9)17-2)4-3-5-13-10/h3-6H,1-2H3,(H,14,15). The van der Waals surface area contributed by atoms with Crippen molar-refractivity contribution in [3.63, 3.8) is 0 Å². The van der Waals surface area contributed by atoms with Gasteiger partial charge in [-0.25, -0.2) is 4.79 Å². The van der Waals surface area contributed by atoms with E-state index >= 15 is 0 Å². The van der Waals surface area contributed by atoms with Crippen LogP contribution in [0, 0.1) is 0 Å². The lowest BCUT2D eigenvalue weighted by Gasteiger charge is -2.11. The van der Waals surface area contributed by atoms with Gasteiger partial charge in [-0.3, -0.25) is 4.98 Å². The summed E-state index contributed by atoms with van der Waals surface area (Å²) in [5.41, 5.74) is 0.482. The molecule has 5 nitrogen and oxygen atoms in total. The Balaban J connectivity index is 2.89. The highest BCUT2D eigenvalue weighted by atomic mass is 16.5. The van der Waals surface area contributed by atoms with Crippen LogP contribution in [-0.2, 0) is 0 Å². The number of ether oxygens (including phenoxy) is 2. The Labute approximate surface area is 97.6 Å². The monoisotopic (exact) mass is 233 g/mol. The predicted octanol–water partition coefficient (Wildman–Crippen LogP) is 1.95. The number of carboxylic acid groups (broad SMARTS) is 1. The van der Waals surface area contributed by atoms with Gasteiger partial charge >= 0.3 is 5.97 Å². The van der Waals surface area contributed by atoms with Crippen molar-refractivity contribution in [2.45, 2.75) is 0 Å². The second-order valence-electron chi connectivity index (χ2n) is 3.36. The molecule has 17 heavy (non-hydrogen) atoms. The van der Waals surface area contributed by atoms with Gasteiger partial charge in [-0.2, -0.15) is 0 Å². The first-order chi connectivity index (χ1) is 8.19. The highest BCUT2D eigenvalue weighted by Gasteiger charge is 2.17. The maximum Gasteiger partial charge on any atom is 0.338 e. The molecule has 0 radical (unpaired) electrons. The summed E-state index contributed by atoms with van der Waals surface area (Å²) in [5.74, 6) is -0.180. The topological polar surface area (TPSA) is 68.7 Å². The first kappa shape index (κ1) is 11.2. The van der Waals surface area contributed by atoms with Crippen LogP contribution in [-0.4, -0.2) is 30.3 Å². The average molecular weight is 233 g/mol. The number of pyridine rings is 1. The van der Waals surface area contributed by atoms with E-state index in [2.05, 4.69) is 4.98 Å². The Morgan fingerprint density at radius 3 is 2.71 bits per heavy atom. The van der Waals surface area contributed by atoms with E-state index in [0.29, 0.717) is 22.4 Å². The van der Waals surface area contributed by atoms with Crippen molar-refractivity contribution in [1.29, 1.82) is 0 Å². The Morgan fingerprint density at radius 2 is 2.12 bits per heavy atom. The van der Waals surface area contributed by atoms with Crippen LogP contribution < -0.4 is 9.47 Å². The molecule has 0 aliphatic carbocycles. The number of rotatable bonds is 3. The smallest absolute Gasteiger partial charge is 0.338 e. The molecule has 0 spiro atoms. The number of aromatic nitrogens is 1. The maximum atomic E-state index is 11.1. The number of nitrogens with zero attached hydrogens (tertiary/aromatic N) is 1. The summed E-state index contributed by atoms with van der Waals surface area (Å²) in [4.78, 5) is 15.2. The van der Waals surface area contributed by atoms with E-state index in [9.17, 15) is 4.79 Å². The number of carboxylic acids is 1. The number of fused-ring (bicyclic) bond motifs is 1. The van der Waals surface area contributed by atoms with Crippen LogP contribution in [0.2, 0.25) is 0 Å². The summed E-state index contributed by atoms with van der Waals surface area (Å²) in [7, 11) is 2.97. The predicted molar refractivity (Wildman–Crippen MR) is 61.8 cm³/mol. The van der Waals surface area contributed by atoms with E-state index in [1.54, 1.807) is 18.3 Å². The molecule has 1 aromatic carbocycles. The first-order valence-corrected chi connectivity index (χ1v) is 4.92. The van der Waals surface area contributed by atoms with Crippen molar-refractivity contribution in [1.82, 2.24) is 4.98 Å². The van der Waals surface area contributed by atoms with E-state index in [1.165, 1.54) is 20.3 Å². The van der Waals surface area contributed by atoms with Gasteiger partial charge in [0, 0.05) is 17.6 Å². The zero-order valence-electron chi connectivity index (χ0n) is 9.43. The summed E-state index contributed by atoms with van der Waals surface area (Å²) in [6.07, 6.45) is 1.54. The molecule has 0 aliphatic heterocycles. The van der Waals surface area contributed by atoms with Gasteiger partial charge in [0.15, 0.2) is 11.5 Å². The van der Waals surface area contributed by atoms with E-state index in [-0.39, 0.29) is 5.56 Å². The van der Waals surface area contributed by atoms with Gasteiger partial charge in [0.1, 0.15) is 0 Å². The summed E-state index contributed by atoms with van der Waals surface area (Å²) in [5, 5.41) is 9.75. The van der Waals surface area contributed by atoms with Gasteiger partial charge < -0.3 is 14.6 Å². The molecule has 0 fully saturated rings. The molecule has 2 aromatic rings. The highest BCUT2D eigenvalue weighted by molar-refractivity contribution is 6.05. The summed E-state index contributed by atoms with van der Waals surface area (Å²) < 4.78 is 10.3. The molecule has 0 bridgehead atoms. The second-order valence-corrected chi connectivity index (χ2v) is 3.36. The number of methoxy groups -OCH3 is 2. The van der Waals surface area contributed by atoms with Crippen LogP contribution in [0.15, 0.2) is 24.4 Å². The van der Waals surface area contributed by atoms with Crippen molar-refractivity contribution in [3.05, 3.63) is 30.0 Å². The molecule has 88 valence electrons. The fourth-order valence-corrected chi connectivity index (χ4v) is 1.73. The lowest BCUT2D eigenvalue weighted by molar-refractivity contribution is 0.0698. The average Bonchev–Trinajstić information content (AvgIpc) is 2.36. The minimum absolute atomic E-state index is 0.0956. The highest BCUT2D eigenvalue weighted by Crippen LogP contribution is 2.36. The maximum absolute atomic E-state index is 11.1. The molecule has 1 aromatic heterocycles. The molecule has 2 rings (SSSR count). The van der Waals surface area contributed by atoms with Crippen molar-refractivity contribution >= 4 is 16.9 Å². The first-order valence-electron chi connectivity index (χ1n) is 4.92. The Kier molecular flexibility index (Phi) is 2.82. The molecular formula is C12H11NO4. The minimum atomic E-state index is -1.05. The molecular weight excluding hydrogens is 222 g/mol. The zero-order valence-corrected chi connectivity index (χ0v) is 9.43. The van der Waals surface area contributed by atoms with Crippen LogP contribution in [0.5, 0.6) is 11.5 Å². The molecule has 0 saturated carbocycles. The molecule has 0 aliphatic rings. The summed E-state index contributed by atoms with van der Waals surface area (Å²) in [6, 6.07) is 4.88. The van der Waals surface area contributed by atoms with E-state index in [4.69, 9.17) is 14.6 Å². The van der Waals surface area contributed by atoms with Crippen LogP contribution in [0.3, 0.4) is 0 Å². The summed E-state index contributed by atoms with van der Waals surface area (Å²) in [6.45, 7) is 0. The van der Waals surface area contributed by atoms with Crippen LogP contribution in [0.25, 0.3) is 10.9 Å². The van der Waals surface area contributed by atoms with Gasteiger partial charge in [0.05, 0.1) is 25.3 Å². The van der Waals surface area contributed by atoms with Crippen molar-refractivity contribution in [2.24, 2.45) is 0 Å². The lowest BCUT2D eigenvalue weighted by Crippen LogP contribution is -2.02. The van der Waals surface area contributed by atoms with Crippen molar-refractivity contribution < 1.29 is 19.4 Å². The molecule has 5 heteroatoms. The number of hydrogen-bond donors (Lipinski definition) is 1. The van der Waals surface area contributed by atoms with Gasteiger partial charge in [-0.15, -0.1) is 0 Å². The van der Waals surface area contributed by atoms with Gasteiger partial charge in [-0.1, -0.05) is 0 Å². The summed E-state index contributed by atoms with van der Waals surface area (Å²) >= 11 is 0. The molecule has 0 saturated heterocycles. The molecule has 0 unspecified atom stereocenters. The third-order valence-electron chi connectivity index (χ3n) is 2.46. The van der Waals surface area contributed by atoms with Crippen LogP contribution in [0.4, 0.5) is 0 Å². The van der Waals surface area contributed by atoms with Crippen molar-refractivity contribution in [3.8, 4) is 11.5 Å². The zero-order chi connectivity index (χ0) is 12.4. The Bertz CT molecular complexity index is 580. The number of aromatic carboxylic acids is 1. The Morgan fingerprint density at radius 1 is 1.35 bits per heavy atom. The van der Waals surface area contributed by atoms with Crippen LogP contribution >= 0.6 is 0 Å². The fourth-order valence-electron chi connectivity index (χ4n) is 1.73. The van der Waals surface area contributed by atoms with E-state index in [1.807, 2.05) is 0 Å². The van der Waals surface area contributed by atoms with Gasteiger partial charge in [-0.05, 0) is 12.1 Å². The van der Waals surface area contributed by atoms with Crippen molar-refractivity contribution in [2.75, 3.05) is 14.2 Å². The van der Waals surface area contributed by atoms with E-state index < -0.39 is 5.97 Å². The molecule has 1 N–H and O–H groups in total. The second kappa shape index (κ2) is 4.29. The normalized spacial score (nSPS) is 10.2. The molecule has 1 heterocycles. The number of carbonyl (C=O) groups is 1.